The fourth-order valence-electron chi connectivity index (χ4n) is 2.33. The van der Waals surface area contributed by atoms with E-state index in [2.05, 4.69) is 32.6 Å². The lowest BCUT2D eigenvalue weighted by Gasteiger charge is -2.37. The predicted molar refractivity (Wildman–Crippen MR) is 66.1 cm³/mol. The molecule has 1 amide bonds. The minimum atomic E-state index is -0.163. The molecule has 2 atom stereocenters. The van der Waals surface area contributed by atoms with Crippen LogP contribution in [0.25, 0.3) is 0 Å². The van der Waals surface area contributed by atoms with Gasteiger partial charge in [0, 0.05) is 25.2 Å². The molecule has 94 valence electrons. The molecule has 0 radical (unpaired) electrons. The van der Waals surface area contributed by atoms with E-state index in [-0.39, 0.29) is 17.5 Å². The monoisotopic (exact) mass is 227 g/mol. The van der Waals surface area contributed by atoms with Crippen LogP contribution in [0.1, 0.15) is 27.7 Å². The van der Waals surface area contributed by atoms with Crippen LogP contribution < -0.4 is 5.73 Å². The number of carbonyl (C=O) groups is 1. The molecule has 1 aliphatic rings. The normalized spacial score (nSPS) is 29.4. The minimum absolute atomic E-state index is 0.121. The fraction of sp³-hybridized carbons (Fsp3) is 0.917. The Labute approximate surface area is 98.8 Å². The Bertz CT molecular complexity index is 259. The van der Waals surface area contributed by atoms with Gasteiger partial charge in [0.25, 0.3) is 0 Å². The molecule has 1 aliphatic heterocycles. The summed E-state index contributed by atoms with van der Waals surface area (Å²) in [5.41, 5.74) is 5.59. The Balaban J connectivity index is 2.97. The third-order valence-corrected chi connectivity index (χ3v) is 3.21. The second-order valence-electron chi connectivity index (χ2n) is 5.92. The van der Waals surface area contributed by atoms with Crippen molar-refractivity contribution < 1.29 is 4.79 Å². The number of amides is 1. The van der Waals surface area contributed by atoms with Gasteiger partial charge in [-0.1, -0.05) is 6.92 Å². The molecule has 1 saturated heterocycles. The summed E-state index contributed by atoms with van der Waals surface area (Å²) in [7, 11) is 1.98. The van der Waals surface area contributed by atoms with Crippen molar-refractivity contribution in [3.63, 3.8) is 0 Å². The van der Waals surface area contributed by atoms with E-state index in [0.717, 1.165) is 13.1 Å². The Morgan fingerprint density at radius 3 is 2.38 bits per heavy atom. The van der Waals surface area contributed by atoms with Crippen molar-refractivity contribution in [2.75, 3.05) is 26.7 Å². The van der Waals surface area contributed by atoms with Gasteiger partial charge in [0.2, 0.25) is 5.91 Å². The zero-order chi connectivity index (χ0) is 12.5. The number of likely N-dealkylation sites (N-methyl/N-ethyl adjacent to an activating group) is 1. The first-order chi connectivity index (χ1) is 7.27. The predicted octanol–water partition coefficient (Wildman–Crippen LogP) is 0.522. The minimum Gasteiger partial charge on any atom is -0.336 e. The number of hydrogen-bond donors (Lipinski definition) is 1. The first-order valence-corrected chi connectivity index (χ1v) is 5.99. The van der Waals surface area contributed by atoms with Gasteiger partial charge in [0.05, 0.1) is 0 Å². The summed E-state index contributed by atoms with van der Waals surface area (Å²) in [6.45, 7) is 10.6. The van der Waals surface area contributed by atoms with Crippen molar-refractivity contribution in [2.24, 2.45) is 11.7 Å². The third-order valence-electron chi connectivity index (χ3n) is 3.21. The molecular formula is C12H25N3O. The van der Waals surface area contributed by atoms with Gasteiger partial charge in [-0.3, -0.25) is 9.69 Å². The van der Waals surface area contributed by atoms with Gasteiger partial charge in [-0.25, -0.2) is 0 Å². The Kier molecular flexibility index (Phi) is 3.97. The van der Waals surface area contributed by atoms with Crippen molar-refractivity contribution in [2.45, 2.75) is 39.3 Å². The summed E-state index contributed by atoms with van der Waals surface area (Å²) >= 11 is 0. The van der Waals surface area contributed by atoms with Crippen LogP contribution in [0, 0.1) is 5.92 Å². The van der Waals surface area contributed by atoms with Crippen LogP contribution >= 0.6 is 0 Å². The average Bonchev–Trinajstić information content (AvgIpc) is 2.22. The van der Waals surface area contributed by atoms with Crippen LogP contribution in [0.2, 0.25) is 0 Å². The lowest BCUT2D eigenvalue weighted by Crippen LogP contribution is -2.54. The number of carbonyl (C=O) groups excluding carboxylic acids is 1. The number of nitrogens with two attached hydrogens (primary N) is 1. The van der Waals surface area contributed by atoms with E-state index in [4.69, 9.17) is 5.73 Å². The van der Waals surface area contributed by atoms with Gasteiger partial charge in [0.1, 0.15) is 6.04 Å². The maximum Gasteiger partial charge on any atom is 0.241 e. The molecule has 0 aliphatic carbocycles. The van der Waals surface area contributed by atoms with E-state index in [1.165, 1.54) is 0 Å². The highest BCUT2D eigenvalue weighted by molar-refractivity contribution is 5.83. The van der Waals surface area contributed by atoms with E-state index in [1.807, 2.05) is 11.9 Å². The first kappa shape index (κ1) is 13.5. The molecule has 16 heavy (non-hydrogen) atoms. The molecule has 0 saturated carbocycles. The number of hydrogen-bond acceptors (Lipinski definition) is 3. The molecule has 0 spiro atoms. The van der Waals surface area contributed by atoms with Gasteiger partial charge < -0.3 is 10.6 Å². The Morgan fingerprint density at radius 2 is 1.94 bits per heavy atom. The summed E-state index contributed by atoms with van der Waals surface area (Å²) in [6, 6.07) is -0.163. The fourth-order valence-corrected chi connectivity index (χ4v) is 2.33. The highest BCUT2D eigenvalue weighted by Crippen LogP contribution is 2.21. The first-order valence-electron chi connectivity index (χ1n) is 5.99. The number of rotatable bonds is 1. The van der Waals surface area contributed by atoms with Crippen molar-refractivity contribution in [3.05, 3.63) is 0 Å². The molecule has 0 aromatic carbocycles. The molecule has 0 bridgehead atoms. The van der Waals surface area contributed by atoms with Crippen molar-refractivity contribution >= 4 is 5.91 Å². The molecule has 1 rings (SSSR count). The van der Waals surface area contributed by atoms with Gasteiger partial charge in [-0.2, -0.15) is 0 Å². The Hall–Kier alpha value is -0.610. The summed E-state index contributed by atoms with van der Waals surface area (Å²) in [5.74, 6) is 0.659. The number of nitrogens with zero attached hydrogens (tertiary/aromatic N) is 2. The zero-order valence-corrected chi connectivity index (χ0v) is 11.2. The largest absolute Gasteiger partial charge is 0.336 e. The summed E-state index contributed by atoms with van der Waals surface area (Å²) in [4.78, 5) is 16.4. The Morgan fingerprint density at radius 1 is 1.38 bits per heavy atom. The molecule has 2 unspecified atom stereocenters. The maximum absolute atomic E-state index is 12.4. The van der Waals surface area contributed by atoms with Crippen LogP contribution in [0.15, 0.2) is 0 Å². The molecule has 2 N–H and O–H groups in total. The molecule has 4 nitrogen and oxygen atoms in total. The van der Waals surface area contributed by atoms with Crippen molar-refractivity contribution in [1.29, 1.82) is 0 Å². The third kappa shape index (κ3) is 2.74. The SMILES string of the molecule is CC1CN(C)C(CN)C(=O)N(C(C)(C)C)C1. The highest BCUT2D eigenvalue weighted by atomic mass is 16.2. The van der Waals surface area contributed by atoms with E-state index >= 15 is 0 Å². The van der Waals surface area contributed by atoms with Gasteiger partial charge in [-0.05, 0) is 33.7 Å². The van der Waals surface area contributed by atoms with Crippen LogP contribution in [-0.4, -0.2) is 54.0 Å². The lowest BCUT2D eigenvalue weighted by atomic mass is 10.0. The summed E-state index contributed by atoms with van der Waals surface area (Å²) < 4.78 is 0. The van der Waals surface area contributed by atoms with Gasteiger partial charge in [0.15, 0.2) is 0 Å². The topological polar surface area (TPSA) is 49.6 Å². The van der Waals surface area contributed by atoms with Crippen LogP contribution in [-0.2, 0) is 4.79 Å². The highest BCUT2D eigenvalue weighted by Gasteiger charge is 2.37. The second-order valence-corrected chi connectivity index (χ2v) is 5.92. The van der Waals surface area contributed by atoms with Crippen LogP contribution in [0.3, 0.4) is 0 Å². The molecule has 0 aromatic heterocycles. The second kappa shape index (κ2) is 4.72. The smallest absolute Gasteiger partial charge is 0.241 e. The zero-order valence-electron chi connectivity index (χ0n) is 11.2. The van der Waals surface area contributed by atoms with E-state index in [1.54, 1.807) is 0 Å². The summed E-state index contributed by atoms with van der Waals surface area (Å²) in [5, 5.41) is 0. The van der Waals surface area contributed by atoms with Crippen molar-refractivity contribution in [1.82, 2.24) is 9.80 Å². The van der Waals surface area contributed by atoms with E-state index in [9.17, 15) is 4.79 Å². The van der Waals surface area contributed by atoms with Gasteiger partial charge >= 0.3 is 0 Å². The van der Waals surface area contributed by atoms with Gasteiger partial charge in [-0.15, -0.1) is 0 Å². The van der Waals surface area contributed by atoms with Crippen LogP contribution in [0.5, 0.6) is 0 Å². The standard InChI is InChI=1S/C12H25N3O/c1-9-7-14(5)10(6-13)11(16)15(8-9)12(2,3)4/h9-10H,6-8,13H2,1-5H3. The van der Waals surface area contributed by atoms with Crippen molar-refractivity contribution in [3.8, 4) is 0 Å². The van der Waals surface area contributed by atoms with E-state index < -0.39 is 0 Å². The molecule has 1 heterocycles. The van der Waals surface area contributed by atoms with E-state index in [0.29, 0.717) is 12.5 Å². The quantitative estimate of drug-likeness (QED) is 0.710. The lowest BCUT2D eigenvalue weighted by molar-refractivity contribution is -0.139. The molecule has 4 heteroatoms. The van der Waals surface area contributed by atoms with Crippen LogP contribution in [0.4, 0.5) is 0 Å². The molecule has 1 fully saturated rings. The molecular weight excluding hydrogens is 202 g/mol. The summed E-state index contributed by atoms with van der Waals surface area (Å²) in [6.07, 6.45) is 0. The maximum atomic E-state index is 12.4. The average molecular weight is 227 g/mol. The molecule has 0 aromatic rings.